The van der Waals surface area contributed by atoms with Crippen molar-refractivity contribution in [2.75, 3.05) is 0 Å². The zero-order valence-corrected chi connectivity index (χ0v) is 25.9. The maximum absolute atomic E-state index is 13.4. The number of fused-ring (bicyclic) bond motifs is 1. The third-order valence-electron chi connectivity index (χ3n) is 7.99. The van der Waals surface area contributed by atoms with Crippen LogP contribution in [0.15, 0.2) is 65.6 Å². The van der Waals surface area contributed by atoms with Crippen molar-refractivity contribution in [3.63, 3.8) is 0 Å². The first-order chi connectivity index (χ1) is 20.8. The Morgan fingerprint density at radius 2 is 1.39 bits per heavy atom. The Bertz CT molecular complexity index is 2050. The summed E-state index contributed by atoms with van der Waals surface area (Å²) >= 11 is 0. The number of hydrogen-bond acceptors (Lipinski definition) is 6. The molecule has 0 saturated carbocycles. The highest BCUT2D eigenvalue weighted by Crippen LogP contribution is 2.34. The molecule has 8 nitrogen and oxygen atoms in total. The minimum absolute atomic E-state index is 0.0984. The smallest absolute Gasteiger partial charge is 0.362 e. The number of nitrogens with zero attached hydrogens (tertiary/aromatic N) is 2. The van der Waals surface area contributed by atoms with Crippen molar-refractivity contribution in [2.45, 2.75) is 52.4 Å². The first-order valence-electron chi connectivity index (χ1n) is 14.0. The highest BCUT2D eigenvalue weighted by molar-refractivity contribution is 7.87. The molecule has 0 spiro atoms. The second-order valence-corrected chi connectivity index (χ2v) is 12.8. The molecule has 0 unspecified atom stereocenters. The summed E-state index contributed by atoms with van der Waals surface area (Å²) in [4.78, 5) is 15.4. The van der Waals surface area contributed by atoms with Crippen LogP contribution in [0.3, 0.4) is 0 Å². The number of rotatable bonds is 7. The van der Waals surface area contributed by atoms with E-state index in [-0.39, 0.29) is 39.0 Å². The summed E-state index contributed by atoms with van der Waals surface area (Å²) in [5.74, 6) is 0.00824. The maximum atomic E-state index is 13.4. The molecule has 0 bridgehead atoms. The van der Waals surface area contributed by atoms with Crippen molar-refractivity contribution in [3.8, 4) is 17.2 Å². The maximum Gasteiger partial charge on any atom is 0.362 e. The Labute approximate surface area is 256 Å². The molecule has 0 fully saturated rings. The molecule has 224 valence electrons. The Morgan fingerprint density at radius 3 is 2.02 bits per heavy atom. The highest BCUT2D eigenvalue weighted by atomic mass is 32.2. The van der Waals surface area contributed by atoms with Gasteiger partial charge in [0, 0.05) is 30.0 Å². The molecule has 0 aliphatic heterocycles. The van der Waals surface area contributed by atoms with Gasteiger partial charge in [0.25, 0.3) is 5.78 Å². The van der Waals surface area contributed by atoms with Crippen LogP contribution in [0, 0.1) is 34.6 Å². The van der Waals surface area contributed by atoms with E-state index in [2.05, 4.69) is 4.79 Å². The number of allylic oxidation sites excluding steroid dienone is 1. The van der Waals surface area contributed by atoms with Crippen molar-refractivity contribution in [2.24, 2.45) is 0 Å². The average molecular weight is 609 g/mol. The van der Waals surface area contributed by atoms with Gasteiger partial charge >= 0.3 is 15.8 Å². The summed E-state index contributed by atoms with van der Waals surface area (Å²) in [7, 11) is -4.33. The number of phenolic OH excluding ortho intramolecular Hbond substituents is 2. The van der Waals surface area contributed by atoms with Gasteiger partial charge in [0.15, 0.2) is 0 Å². The van der Waals surface area contributed by atoms with Gasteiger partial charge in [0.05, 0.1) is 0 Å². The van der Waals surface area contributed by atoms with Crippen LogP contribution in [0.2, 0.25) is 0 Å². The normalized spacial score (nSPS) is 12.7. The minimum Gasteiger partial charge on any atom is -0.508 e. The van der Waals surface area contributed by atoms with E-state index >= 15 is 0 Å². The monoisotopic (exact) mass is 608 g/mol. The molecule has 5 rings (SSSR count). The van der Waals surface area contributed by atoms with Crippen LogP contribution in [-0.2, 0) is 23.0 Å². The fourth-order valence-corrected chi connectivity index (χ4v) is 6.74. The van der Waals surface area contributed by atoms with Crippen molar-refractivity contribution in [1.82, 2.24) is 0 Å². The summed E-state index contributed by atoms with van der Waals surface area (Å²) in [5.41, 5.74) is 16.7. The van der Waals surface area contributed by atoms with E-state index in [1.54, 1.807) is 19.1 Å². The Hall–Kier alpha value is -4.98. The third-order valence-corrected chi connectivity index (χ3v) is 9.28. The largest absolute Gasteiger partial charge is 0.508 e. The molecule has 4 aromatic rings. The quantitative estimate of drug-likeness (QED) is 0.140. The molecular weight excluding hydrogens is 576 g/mol. The molecule has 4 aromatic carbocycles. The van der Waals surface area contributed by atoms with Crippen LogP contribution in [0.5, 0.6) is 17.2 Å². The van der Waals surface area contributed by atoms with E-state index in [0.717, 1.165) is 44.5 Å². The first kappa shape index (κ1) is 30.5. The molecule has 0 saturated heterocycles. The topological polar surface area (TPSA) is 137 Å². The first-order valence-corrected chi connectivity index (χ1v) is 15.4. The second kappa shape index (κ2) is 11.6. The van der Waals surface area contributed by atoms with Gasteiger partial charge in [0.1, 0.15) is 22.1 Å². The summed E-state index contributed by atoms with van der Waals surface area (Å²) < 4.78 is 32.4. The van der Waals surface area contributed by atoms with Crippen molar-refractivity contribution < 1.29 is 32.4 Å². The van der Waals surface area contributed by atoms with E-state index in [4.69, 9.17) is 9.71 Å². The number of aryl methyl sites for hydroxylation is 5. The summed E-state index contributed by atoms with van der Waals surface area (Å²) in [6.07, 6.45) is 3.60. The van der Waals surface area contributed by atoms with Gasteiger partial charge in [-0.05, 0) is 103 Å². The number of phenols is 2. The summed E-state index contributed by atoms with van der Waals surface area (Å²) in [5, 5.41) is 21.3. The standard InChI is InChI=1S/C35H32N2O6S/c1-19-11-26(17-24-13-22(4)31(38)15-20(24)2)34(39)27(12-19)18-25-14-23(5)32(16-21(25)3)43-44(41,42)33-8-6-7-29-28(33)9-10-30(37-36)35(29)40/h6-16,38-39H,17-18H2,1-5H3. The van der Waals surface area contributed by atoms with Crippen LogP contribution in [-0.4, -0.2) is 34.9 Å². The van der Waals surface area contributed by atoms with Crippen LogP contribution >= 0.6 is 0 Å². The number of aromatic hydroxyl groups is 2. The van der Waals surface area contributed by atoms with E-state index in [0.29, 0.717) is 18.4 Å². The van der Waals surface area contributed by atoms with Gasteiger partial charge < -0.3 is 19.9 Å². The molecule has 44 heavy (non-hydrogen) atoms. The highest BCUT2D eigenvalue weighted by Gasteiger charge is 2.31. The van der Waals surface area contributed by atoms with Gasteiger partial charge in [-0.25, -0.2) is 0 Å². The van der Waals surface area contributed by atoms with E-state index in [9.17, 15) is 23.4 Å². The van der Waals surface area contributed by atoms with Crippen LogP contribution < -0.4 is 4.18 Å². The predicted octanol–water partition coefficient (Wildman–Crippen LogP) is 6.47. The van der Waals surface area contributed by atoms with Gasteiger partial charge in [-0.2, -0.15) is 13.2 Å². The van der Waals surface area contributed by atoms with Gasteiger partial charge in [0.2, 0.25) is 0 Å². The zero-order chi connectivity index (χ0) is 31.9. The van der Waals surface area contributed by atoms with Gasteiger partial charge in [-0.15, -0.1) is 0 Å². The summed E-state index contributed by atoms with van der Waals surface area (Å²) in [6, 6.07) is 15.4. The van der Waals surface area contributed by atoms with Crippen LogP contribution in [0.25, 0.3) is 11.6 Å². The van der Waals surface area contributed by atoms with Crippen molar-refractivity contribution in [3.05, 3.63) is 127 Å². The number of carbonyl (C=O) groups excluding carboxylic acids is 1. The number of carbonyl (C=O) groups is 1. The summed E-state index contributed by atoms with van der Waals surface area (Å²) in [6.45, 7) is 9.36. The molecule has 1 aliphatic carbocycles. The lowest BCUT2D eigenvalue weighted by molar-refractivity contribution is -0.00436. The molecule has 2 N–H and O–H groups in total. The van der Waals surface area contributed by atoms with Gasteiger partial charge in [-0.1, -0.05) is 42.0 Å². The number of ketones is 1. The van der Waals surface area contributed by atoms with Gasteiger partial charge in [-0.3, -0.25) is 4.79 Å². The predicted molar refractivity (Wildman–Crippen MR) is 168 cm³/mol. The Balaban J connectivity index is 1.43. The lowest BCUT2D eigenvalue weighted by Gasteiger charge is -2.17. The number of benzene rings is 4. The van der Waals surface area contributed by atoms with E-state index in [1.807, 2.05) is 52.0 Å². The minimum atomic E-state index is -4.33. The molecule has 0 amide bonds. The molecular formula is C35H32N2O6S. The van der Waals surface area contributed by atoms with Crippen LogP contribution in [0.4, 0.5) is 0 Å². The van der Waals surface area contributed by atoms with E-state index in [1.165, 1.54) is 30.4 Å². The van der Waals surface area contributed by atoms with Crippen molar-refractivity contribution >= 4 is 27.7 Å². The van der Waals surface area contributed by atoms with Crippen molar-refractivity contribution in [1.29, 1.82) is 0 Å². The lowest BCUT2D eigenvalue weighted by Crippen LogP contribution is -2.21. The molecule has 0 atom stereocenters. The average Bonchev–Trinajstić information content (AvgIpc) is 2.96. The zero-order valence-electron chi connectivity index (χ0n) is 25.1. The molecule has 0 radical (unpaired) electrons. The molecule has 1 aliphatic rings. The number of hydrogen-bond donors (Lipinski definition) is 2. The number of Topliss-reactive ketones (excluding diaryl/α,β-unsaturated/α-hetero) is 1. The lowest BCUT2D eigenvalue weighted by atomic mass is 9.92. The molecule has 0 aromatic heterocycles. The second-order valence-electron chi connectivity index (χ2n) is 11.3. The fourth-order valence-electron chi connectivity index (χ4n) is 5.54. The Morgan fingerprint density at radius 1 is 0.773 bits per heavy atom. The molecule has 9 heteroatoms. The van der Waals surface area contributed by atoms with E-state index < -0.39 is 15.9 Å². The van der Waals surface area contributed by atoms with Crippen LogP contribution in [0.1, 0.15) is 66.0 Å². The molecule has 0 heterocycles. The fraction of sp³-hybridized carbons (Fsp3) is 0.200. The SMILES string of the molecule is Cc1cc(Cc2cc(C)c(O)cc2C)c(O)c(Cc2cc(C)c(OS(=O)(=O)c3cccc4c3C=CC(=[N+]=[N-])C4=O)cc2C)c1. The Kier molecular flexibility index (Phi) is 8.04. The third kappa shape index (κ3) is 5.80.